The van der Waals surface area contributed by atoms with Crippen LogP contribution in [0.5, 0.6) is 5.75 Å². The van der Waals surface area contributed by atoms with E-state index in [0.717, 1.165) is 6.42 Å². The van der Waals surface area contributed by atoms with E-state index in [4.69, 9.17) is 4.74 Å². The molecule has 5 heteroatoms. The summed E-state index contributed by atoms with van der Waals surface area (Å²) in [7, 11) is 0. The smallest absolute Gasteiger partial charge is 0.262 e. The summed E-state index contributed by atoms with van der Waals surface area (Å²) < 4.78 is 5.90. The van der Waals surface area contributed by atoms with Crippen LogP contribution in [0.2, 0.25) is 0 Å². The molecule has 4 rings (SSSR count). The first-order valence-electron chi connectivity index (χ1n) is 10.5. The summed E-state index contributed by atoms with van der Waals surface area (Å²) in [5.74, 6) is 0.419. The van der Waals surface area contributed by atoms with Gasteiger partial charge in [-0.25, -0.2) is 0 Å². The molecule has 0 aliphatic carbocycles. The monoisotopic (exact) mass is 414 g/mol. The number of hydrogen-bond donors (Lipinski definition) is 1. The van der Waals surface area contributed by atoms with Crippen molar-refractivity contribution >= 4 is 17.5 Å². The van der Waals surface area contributed by atoms with Crippen molar-refractivity contribution in [1.29, 1.82) is 0 Å². The minimum Gasteiger partial charge on any atom is -0.477 e. The predicted octanol–water partition coefficient (Wildman–Crippen LogP) is 4.14. The van der Waals surface area contributed by atoms with E-state index >= 15 is 0 Å². The molecule has 0 spiro atoms. The molecule has 2 amide bonds. The summed E-state index contributed by atoms with van der Waals surface area (Å²) >= 11 is 0. The van der Waals surface area contributed by atoms with Crippen molar-refractivity contribution < 1.29 is 14.3 Å². The van der Waals surface area contributed by atoms with Gasteiger partial charge in [0.05, 0.1) is 12.2 Å². The number of fused-ring (bicyclic) bond motifs is 1. The van der Waals surface area contributed by atoms with E-state index in [1.165, 1.54) is 18.1 Å². The molecule has 1 aliphatic rings. The van der Waals surface area contributed by atoms with E-state index in [1.54, 1.807) is 11.0 Å². The number of carbonyl (C=O) groups excluding carboxylic acids is 2. The molecule has 0 fully saturated rings. The minimum absolute atomic E-state index is 0.109. The molecule has 0 bridgehead atoms. The van der Waals surface area contributed by atoms with Gasteiger partial charge in [0.2, 0.25) is 5.91 Å². The number of nitrogens with one attached hydrogen (secondary N) is 1. The summed E-state index contributed by atoms with van der Waals surface area (Å²) in [4.78, 5) is 26.5. The average Bonchev–Trinajstić information content (AvgIpc) is 2.82. The maximum atomic E-state index is 12.9. The molecule has 3 aromatic carbocycles. The Hall–Kier alpha value is -3.60. The Morgan fingerprint density at radius 1 is 0.935 bits per heavy atom. The van der Waals surface area contributed by atoms with E-state index in [2.05, 4.69) is 29.6 Å². The minimum atomic E-state index is -0.731. The number of ether oxygens (including phenoxy) is 1. The van der Waals surface area contributed by atoms with Crippen LogP contribution in [-0.4, -0.2) is 31.0 Å². The van der Waals surface area contributed by atoms with Gasteiger partial charge in [0.25, 0.3) is 5.91 Å². The van der Waals surface area contributed by atoms with Crippen molar-refractivity contribution in [3.8, 4) is 5.75 Å². The zero-order chi connectivity index (χ0) is 21.6. The van der Waals surface area contributed by atoms with Crippen molar-refractivity contribution in [2.75, 3.05) is 18.0 Å². The lowest BCUT2D eigenvalue weighted by molar-refractivity contribution is -0.128. The molecule has 0 unspecified atom stereocenters. The largest absolute Gasteiger partial charge is 0.477 e. The lowest BCUT2D eigenvalue weighted by Gasteiger charge is -2.33. The molecule has 0 aromatic heterocycles. The number of nitrogens with zero attached hydrogens (tertiary/aromatic N) is 1. The second-order valence-electron chi connectivity index (χ2n) is 7.66. The number of rotatable bonds is 6. The molecule has 158 valence electrons. The Labute approximate surface area is 182 Å². The standard InChI is InChI=1S/C26H26N2O3/c1-19(29)28-18-25(31-24-15-9-8-14-23(24)28)26(30)27-17-16-22(20-10-4-2-5-11-20)21-12-6-3-7-13-21/h2-15,22,25H,16-18H2,1H3,(H,27,30)/t25-/m1/s1. The van der Waals surface area contributed by atoms with Crippen LogP contribution >= 0.6 is 0 Å². The topological polar surface area (TPSA) is 58.6 Å². The van der Waals surface area contributed by atoms with Gasteiger partial charge in [-0.1, -0.05) is 72.8 Å². The molecular weight excluding hydrogens is 388 g/mol. The highest BCUT2D eigenvalue weighted by Gasteiger charge is 2.32. The lowest BCUT2D eigenvalue weighted by Crippen LogP contribution is -2.50. The number of carbonyl (C=O) groups is 2. The number of hydrogen-bond acceptors (Lipinski definition) is 3. The number of amides is 2. The summed E-state index contributed by atoms with van der Waals surface area (Å²) in [6.45, 7) is 2.22. The maximum Gasteiger partial charge on any atom is 0.262 e. The van der Waals surface area contributed by atoms with Gasteiger partial charge in [-0.2, -0.15) is 0 Å². The molecule has 1 N–H and O–H groups in total. The molecule has 0 radical (unpaired) electrons. The van der Waals surface area contributed by atoms with E-state index in [0.29, 0.717) is 18.0 Å². The highest BCUT2D eigenvalue weighted by molar-refractivity contribution is 5.95. The van der Waals surface area contributed by atoms with Gasteiger partial charge in [0, 0.05) is 19.4 Å². The Morgan fingerprint density at radius 3 is 2.13 bits per heavy atom. The molecule has 1 aliphatic heterocycles. The van der Waals surface area contributed by atoms with Gasteiger partial charge in [0.1, 0.15) is 5.75 Å². The van der Waals surface area contributed by atoms with E-state index in [-0.39, 0.29) is 24.3 Å². The van der Waals surface area contributed by atoms with E-state index in [1.807, 2.05) is 54.6 Å². The highest BCUT2D eigenvalue weighted by Crippen LogP contribution is 2.33. The van der Waals surface area contributed by atoms with Gasteiger partial charge in [-0.05, 0) is 29.7 Å². The molecule has 1 heterocycles. The maximum absolute atomic E-state index is 12.9. The van der Waals surface area contributed by atoms with Crippen molar-refractivity contribution in [3.63, 3.8) is 0 Å². The van der Waals surface area contributed by atoms with Gasteiger partial charge < -0.3 is 15.0 Å². The van der Waals surface area contributed by atoms with Crippen LogP contribution in [0, 0.1) is 0 Å². The molecule has 1 atom stereocenters. The van der Waals surface area contributed by atoms with Gasteiger partial charge in [-0.15, -0.1) is 0 Å². The fraction of sp³-hybridized carbons (Fsp3) is 0.231. The third-order valence-corrected chi connectivity index (χ3v) is 5.58. The second kappa shape index (κ2) is 9.47. The van der Waals surface area contributed by atoms with Crippen LogP contribution < -0.4 is 15.0 Å². The second-order valence-corrected chi connectivity index (χ2v) is 7.66. The van der Waals surface area contributed by atoms with Gasteiger partial charge in [-0.3, -0.25) is 9.59 Å². The van der Waals surface area contributed by atoms with Crippen molar-refractivity contribution in [2.45, 2.75) is 25.4 Å². The fourth-order valence-electron chi connectivity index (χ4n) is 4.02. The summed E-state index contributed by atoms with van der Waals surface area (Å²) in [6, 6.07) is 27.9. The van der Waals surface area contributed by atoms with Crippen LogP contribution in [0.15, 0.2) is 84.9 Å². The van der Waals surface area contributed by atoms with Crippen molar-refractivity contribution in [2.24, 2.45) is 0 Å². The van der Waals surface area contributed by atoms with Crippen LogP contribution in [0.25, 0.3) is 0 Å². The Kier molecular flexibility index (Phi) is 6.32. The van der Waals surface area contributed by atoms with Gasteiger partial charge in [0.15, 0.2) is 6.10 Å². The molecule has 31 heavy (non-hydrogen) atoms. The predicted molar refractivity (Wildman–Crippen MR) is 121 cm³/mol. The molecule has 0 saturated carbocycles. The van der Waals surface area contributed by atoms with Crippen LogP contribution in [0.4, 0.5) is 5.69 Å². The lowest BCUT2D eigenvalue weighted by atomic mass is 9.88. The highest BCUT2D eigenvalue weighted by atomic mass is 16.5. The zero-order valence-electron chi connectivity index (χ0n) is 17.5. The van der Waals surface area contributed by atoms with Crippen LogP contribution in [0.3, 0.4) is 0 Å². The van der Waals surface area contributed by atoms with Crippen LogP contribution in [-0.2, 0) is 9.59 Å². The average molecular weight is 415 g/mol. The van der Waals surface area contributed by atoms with E-state index in [9.17, 15) is 9.59 Å². The Bertz CT molecular complexity index is 997. The summed E-state index contributed by atoms with van der Waals surface area (Å²) in [6.07, 6.45) is 0.0326. The fourth-order valence-corrected chi connectivity index (χ4v) is 4.02. The molecule has 3 aromatic rings. The number of benzene rings is 3. The van der Waals surface area contributed by atoms with Crippen LogP contribution in [0.1, 0.15) is 30.4 Å². The van der Waals surface area contributed by atoms with Gasteiger partial charge >= 0.3 is 0 Å². The Morgan fingerprint density at radius 2 is 1.52 bits per heavy atom. The zero-order valence-corrected chi connectivity index (χ0v) is 17.5. The first-order chi connectivity index (χ1) is 15.1. The normalized spacial score (nSPS) is 15.2. The van der Waals surface area contributed by atoms with Crippen molar-refractivity contribution in [1.82, 2.24) is 5.32 Å². The molecular formula is C26H26N2O3. The SMILES string of the molecule is CC(=O)N1C[C@H](C(=O)NCCC(c2ccccc2)c2ccccc2)Oc2ccccc21. The molecule has 0 saturated heterocycles. The number of anilines is 1. The first-order valence-corrected chi connectivity index (χ1v) is 10.5. The number of para-hydroxylation sites is 2. The third-order valence-electron chi connectivity index (χ3n) is 5.58. The van der Waals surface area contributed by atoms with Crippen molar-refractivity contribution in [3.05, 3.63) is 96.1 Å². The molecule has 5 nitrogen and oxygen atoms in total. The quantitative estimate of drug-likeness (QED) is 0.660. The Balaban J connectivity index is 1.43. The summed E-state index contributed by atoms with van der Waals surface area (Å²) in [5, 5.41) is 3.01. The third kappa shape index (κ3) is 4.77. The van der Waals surface area contributed by atoms with E-state index < -0.39 is 6.10 Å². The first kappa shape index (κ1) is 20.7. The summed E-state index contributed by atoms with van der Waals surface area (Å²) in [5.41, 5.74) is 3.13.